The van der Waals surface area contributed by atoms with Crippen molar-refractivity contribution in [1.82, 2.24) is 10.3 Å². The van der Waals surface area contributed by atoms with E-state index in [1.807, 2.05) is 6.92 Å². The summed E-state index contributed by atoms with van der Waals surface area (Å²) < 4.78 is 5.90. The van der Waals surface area contributed by atoms with E-state index in [0.717, 1.165) is 16.3 Å². The van der Waals surface area contributed by atoms with Gasteiger partial charge >= 0.3 is 0 Å². The number of methoxy groups -OCH3 is 1. The number of rotatable bonds is 7. The predicted octanol–water partition coefficient (Wildman–Crippen LogP) is 1.28. The van der Waals surface area contributed by atoms with Crippen LogP contribution < -0.4 is 11.1 Å². The molecule has 0 aliphatic heterocycles. The number of carbonyl (C=O) groups is 1. The van der Waals surface area contributed by atoms with Gasteiger partial charge in [0.05, 0.1) is 15.7 Å². The largest absolute Gasteiger partial charge is 0.385 e. The number of carbonyl (C=O) groups excluding carboxylic acids is 1. The molecule has 0 saturated carbocycles. The van der Waals surface area contributed by atoms with Gasteiger partial charge in [0.1, 0.15) is 0 Å². The van der Waals surface area contributed by atoms with Gasteiger partial charge in [-0.3, -0.25) is 4.79 Å². The van der Waals surface area contributed by atoms with Crippen molar-refractivity contribution in [3.63, 3.8) is 0 Å². The summed E-state index contributed by atoms with van der Waals surface area (Å²) in [5.41, 5.74) is 6.47. The molecule has 7 heteroatoms. The van der Waals surface area contributed by atoms with Crippen molar-refractivity contribution in [3.05, 3.63) is 5.69 Å². The van der Waals surface area contributed by atoms with E-state index in [-0.39, 0.29) is 5.91 Å². The van der Waals surface area contributed by atoms with Crippen molar-refractivity contribution >= 4 is 34.1 Å². The van der Waals surface area contributed by atoms with Crippen LogP contribution in [0.2, 0.25) is 0 Å². The van der Waals surface area contributed by atoms with Crippen LogP contribution in [0, 0.1) is 6.92 Å². The number of anilines is 1. The normalized spacial score (nSPS) is 10.5. The Morgan fingerprint density at radius 1 is 1.65 bits per heavy atom. The van der Waals surface area contributed by atoms with Crippen molar-refractivity contribution in [2.75, 3.05) is 31.7 Å². The summed E-state index contributed by atoms with van der Waals surface area (Å²) >= 11 is 2.89. The van der Waals surface area contributed by atoms with E-state index < -0.39 is 0 Å². The third kappa shape index (κ3) is 5.38. The Balaban J connectivity index is 2.21. The summed E-state index contributed by atoms with van der Waals surface area (Å²) in [4.78, 5) is 15.6. The zero-order chi connectivity index (χ0) is 12.7. The molecule has 0 radical (unpaired) electrons. The lowest BCUT2D eigenvalue weighted by Crippen LogP contribution is -2.26. The molecule has 0 fully saturated rings. The van der Waals surface area contributed by atoms with Gasteiger partial charge in [-0.25, -0.2) is 4.98 Å². The van der Waals surface area contributed by atoms with E-state index in [4.69, 9.17) is 10.5 Å². The minimum atomic E-state index is 0.0254. The minimum Gasteiger partial charge on any atom is -0.385 e. The molecule has 0 unspecified atom stereocenters. The molecule has 5 nitrogen and oxygen atoms in total. The van der Waals surface area contributed by atoms with Crippen LogP contribution in [0.4, 0.5) is 5.13 Å². The number of nitrogen functional groups attached to an aromatic ring is 1. The zero-order valence-corrected chi connectivity index (χ0v) is 11.6. The maximum absolute atomic E-state index is 11.5. The maximum atomic E-state index is 11.5. The SMILES string of the molecule is COCCCNC(=O)CSc1sc(N)nc1C. The molecule has 0 aliphatic carbocycles. The van der Waals surface area contributed by atoms with Gasteiger partial charge in [0.25, 0.3) is 0 Å². The second-order valence-corrected chi connectivity index (χ2v) is 5.68. The monoisotopic (exact) mass is 275 g/mol. The van der Waals surface area contributed by atoms with Crippen molar-refractivity contribution in [2.45, 2.75) is 17.6 Å². The average Bonchev–Trinajstić information content (AvgIpc) is 2.61. The fourth-order valence-corrected chi connectivity index (χ4v) is 3.02. The first-order valence-electron chi connectivity index (χ1n) is 5.25. The van der Waals surface area contributed by atoms with E-state index in [1.54, 1.807) is 7.11 Å². The first-order valence-corrected chi connectivity index (χ1v) is 7.05. The molecule has 1 heterocycles. The van der Waals surface area contributed by atoms with Gasteiger partial charge in [-0.15, -0.1) is 11.8 Å². The Morgan fingerprint density at radius 3 is 3.00 bits per heavy atom. The molecular weight excluding hydrogens is 258 g/mol. The minimum absolute atomic E-state index is 0.0254. The number of nitrogens with two attached hydrogens (primary N) is 1. The Labute approximate surface area is 109 Å². The molecule has 1 aromatic heterocycles. The average molecular weight is 275 g/mol. The number of thiazole rings is 1. The van der Waals surface area contributed by atoms with Crippen LogP contribution in [0.1, 0.15) is 12.1 Å². The van der Waals surface area contributed by atoms with Gasteiger partial charge in [-0.05, 0) is 13.3 Å². The van der Waals surface area contributed by atoms with Crippen LogP contribution in [0.15, 0.2) is 4.21 Å². The molecule has 1 rings (SSSR count). The summed E-state index contributed by atoms with van der Waals surface area (Å²) in [5, 5.41) is 3.37. The Morgan fingerprint density at radius 2 is 2.41 bits per heavy atom. The van der Waals surface area contributed by atoms with Gasteiger partial charge in [-0.2, -0.15) is 0 Å². The highest BCUT2D eigenvalue weighted by Gasteiger charge is 2.08. The van der Waals surface area contributed by atoms with Crippen molar-refractivity contribution in [3.8, 4) is 0 Å². The predicted molar refractivity (Wildman–Crippen MR) is 71.5 cm³/mol. The summed E-state index contributed by atoms with van der Waals surface area (Å²) in [7, 11) is 1.65. The van der Waals surface area contributed by atoms with Crippen LogP contribution in [0.5, 0.6) is 0 Å². The van der Waals surface area contributed by atoms with Crippen molar-refractivity contribution < 1.29 is 9.53 Å². The van der Waals surface area contributed by atoms with E-state index in [2.05, 4.69) is 10.3 Å². The highest BCUT2D eigenvalue weighted by molar-refractivity contribution is 8.01. The third-order valence-corrected chi connectivity index (χ3v) is 4.30. The van der Waals surface area contributed by atoms with Gasteiger partial charge in [0.15, 0.2) is 5.13 Å². The van der Waals surface area contributed by atoms with Gasteiger partial charge < -0.3 is 15.8 Å². The Kier molecular flexibility index (Phi) is 6.31. The fourth-order valence-electron chi connectivity index (χ4n) is 1.16. The molecule has 0 aliphatic rings. The summed E-state index contributed by atoms with van der Waals surface area (Å²) in [5.74, 6) is 0.424. The van der Waals surface area contributed by atoms with Crippen LogP contribution in [-0.4, -0.2) is 36.9 Å². The van der Waals surface area contributed by atoms with Crippen molar-refractivity contribution in [1.29, 1.82) is 0 Å². The fraction of sp³-hybridized carbons (Fsp3) is 0.600. The Bertz CT molecular complexity index is 368. The molecule has 1 aromatic rings. The number of nitrogens with one attached hydrogen (secondary N) is 1. The molecule has 3 N–H and O–H groups in total. The first-order chi connectivity index (χ1) is 8.13. The zero-order valence-electron chi connectivity index (χ0n) is 9.99. The molecular formula is C10H17N3O2S2. The lowest BCUT2D eigenvalue weighted by molar-refractivity contribution is -0.118. The highest BCUT2D eigenvalue weighted by Crippen LogP contribution is 2.30. The maximum Gasteiger partial charge on any atom is 0.230 e. The highest BCUT2D eigenvalue weighted by atomic mass is 32.2. The number of thioether (sulfide) groups is 1. The lowest BCUT2D eigenvalue weighted by Gasteiger charge is -2.03. The lowest BCUT2D eigenvalue weighted by atomic mass is 10.4. The number of hydrogen-bond donors (Lipinski definition) is 2. The van der Waals surface area contributed by atoms with Crippen LogP contribution in [-0.2, 0) is 9.53 Å². The Hall–Kier alpha value is -0.790. The molecule has 1 amide bonds. The third-order valence-electron chi connectivity index (χ3n) is 1.95. The van der Waals surface area contributed by atoms with E-state index in [1.165, 1.54) is 23.1 Å². The van der Waals surface area contributed by atoms with Crippen LogP contribution >= 0.6 is 23.1 Å². The number of aryl methyl sites for hydroxylation is 1. The summed E-state index contributed by atoms with van der Waals surface area (Å²) in [6.45, 7) is 3.21. The number of nitrogens with zero attached hydrogens (tertiary/aromatic N) is 1. The van der Waals surface area contributed by atoms with E-state index >= 15 is 0 Å². The van der Waals surface area contributed by atoms with E-state index in [0.29, 0.717) is 24.0 Å². The molecule has 96 valence electrons. The summed E-state index contributed by atoms with van der Waals surface area (Å²) in [6, 6.07) is 0. The molecule has 0 saturated heterocycles. The van der Waals surface area contributed by atoms with Gasteiger partial charge in [-0.1, -0.05) is 11.3 Å². The molecule has 0 bridgehead atoms. The number of ether oxygens (including phenoxy) is 1. The topological polar surface area (TPSA) is 77.2 Å². The van der Waals surface area contributed by atoms with Crippen molar-refractivity contribution in [2.24, 2.45) is 0 Å². The molecule has 0 spiro atoms. The molecule has 0 atom stereocenters. The quantitative estimate of drug-likeness (QED) is 0.579. The second-order valence-electron chi connectivity index (χ2n) is 3.41. The molecule has 17 heavy (non-hydrogen) atoms. The van der Waals surface area contributed by atoms with Crippen LogP contribution in [0.3, 0.4) is 0 Å². The standard InChI is InChI=1S/C10H17N3O2S2/c1-7-9(17-10(11)13-7)16-6-8(14)12-4-3-5-15-2/h3-6H2,1-2H3,(H2,11,13)(H,12,14). The number of aromatic nitrogens is 1. The first kappa shape index (κ1) is 14.3. The van der Waals surface area contributed by atoms with Gasteiger partial charge in [0, 0.05) is 20.3 Å². The van der Waals surface area contributed by atoms with E-state index in [9.17, 15) is 4.79 Å². The van der Waals surface area contributed by atoms with Crippen LogP contribution in [0.25, 0.3) is 0 Å². The summed E-state index contributed by atoms with van der Waals surface area (Å²) in [6.07, 6.45) is 0.833. The number of amides is 1. The second kappa shape index (κ2) is 7.52. The number of hydrogen-bond acceptors (Lipinski definition) is 6. The van der Waals surface area contributed by atoms with Gasteiger partial charge in [0.2, 0.25) is 5.91 Å². The molecule has 0 aromatic carbocycles. The smallest absolute Gasteiger partial charge is 0.230 e.